The van der Waals surface area contributed by atoms with Crippen molar-refractivity contribution in [1.82, 2.24) is 4.31 Å². The number of carbonyl (C=O) groups is 1. The molecule has 0 fully saturated rings. The molecule has 7 nitrogen and oxygen atoms in total. The first-order valence-corrected chi connectivity index (χ1v) is 7.59. The van der Waals surface area contributed by atoms with Crippen molar-refractivity contribution in [1.29, 1.82) is 0 Å². The van der Waals surface area contributed by atoms with E-state index in [1.165, 1.54) is 18.2 Å². The van der Waals surface area contributed by atoms with Gasteiger partial charge >= 0.3 is 0 Å². The van der Waals surface area contributed by atoms with E-state index in [9.17, 15) is 13.2 Å². The second kappa shape index (κ2) is 6.69. The van der Waals surface area contributed by atoms with Gasteiger partial charge in [0.25, 0.3) is 0 Å². The van der Waals surface area contributed by atoms with Crippen LogP contribution in [0.25, 0.3) is 0 Å². The zero-order valence-electron chi connectivity index (χ0n) is 11.2. The highest BCUT2D eigenvalue weighted by atomic mass is 32.2. The van der Waals surface area contributed by atoms with Gasteiger partial charge in [-0.2, -0.15) is 4.31 Å². The Kier molecular flexibility index (Phi) is 5.49. The van der Waals surface area contributed by atoms with Crippen LogP contribution < -0.4 is 11.5 Å². The largest absolute Gasteiger partial charge is 0.398 e. The van der Waals surface area contributed by atoms with Crippen LogP contribution in [0.15, 0.2) is 23.1 Å². The van der Waals surface area contributed by atoms with E-state index in [4.69, 9.17) is 16.6 Å². The number of carbonyl (C=O) groups excluding carboxylic acids is 1. The molecule has 0 aliphatic rings. The van der Waals surface area contributed by atoms with Gasteiger partial charge < -0.3 is 16.6 Å². The zero-order chi connectivity index (χ0) is 15.3. The van der Waals surface area contributed by atoms with E-state index in [-0.39, 0.29) is 35.8 Å². The van der Waals surface area contributed by atoms with Gasteiger partial charge in [0.05, 0.1) is 12.3 Å². The number of aliphatic hydroxyl groups excluding tert-OH is 1. The molecule has 1 amide bonds. The molecule has 0 bridgehead atoms. The molecular weight excluding hydrogens is 282 g/mol. The highest BCUT2D eigenvalue weighted by Gasteiger charge is 2.25. The number of hydrogen-bond acceptors (Lipinski definition) is 5. The normalized spacial score (nSPS) is 11.8. The van der Waals surface area contributed by atoms with E-state index < -0.39 is 15.9 Å². The molecule has 0 aromatic heterocycles. The Morgan fingerprint density at radius 3 is 2.45 bits per heavy atom. The summed E-state index contributed by atoms with van der Waals surface area (Å²) in [7, 11) is -3.80. The number of nitrogen functional groups attached to an aromatic ring is 1. The van der Waals surface area contributed by atoms with E-state index in [1.807, 2.05) is 6.92 Å². The van der Waals surface area contributed by atoms with Crippen LogP contribution in [0.5, 0.6) is 0 Å². The third-order valence-electron chi connectivity index (χ3n) is 2.73. The van der Waals surface area contributed by atoms with Gasteiger partial charge in [0.1, 0.15) is 4.90 Å². The lowest BCUT2D eigenvalue weighted by molar-refractivity contribution is 0.1000. The average Bonchev–Trinajstić information content (AvgIpc) is 2.37. The molecule has 1 aromatic carbocycles. The first kappa shape index (κ1) is 16.4. The predicted octanol–water partition coefficient (Wildman–Crippen LogP) is -0.239. The van der Waals surface area contributed by atoms with Crippen molar-refractivity contribution in [2.24, 2.45) is 5.73 Å². The number of primary amides is 1. The van der Waals surface area contributed by atoms with Crippen LogP contribution >= 0.6 is 0 Å². The van der Waals surface area contributed by atoms with Crippen molar-refractivity contribution in [3.63, 3.8) is 0 Å². The Hall–Kier alpha value is -1.64. The number of aliphatic hydroxyl groups is 1. The fourth-order valence-corrected chi connectivity index (χ4v) is 3.41. The van der Waals surface area contributed by atoms with E-state index in [0.29, 0.717) is 6.42 Å². The smallest absolute Gasteiger partial charge is 0.248 e. The van der Waals surface area contributed by atoms with Crippen molar-refractivity contribution >= 4 is 21.6 Å². The summed E-state index contributed by atoms with van der Waals surface area (Å²) in [5.41, 5.74) is 10.9. The molecule has 0 aliphatic carbocycles. The van der Waals surface area contributed by atoms with Crippen LogP contribution in [0, 0.1) is 0 Å². The Labute approximate surface area is 118 Å². The van der Waals surface area contributed by atoms with Crippen molar-refractivity contribution in [2.45, 2.75) is 18.2 Å². The fraction of sp³-hybridized carbons (Fsp3) is 0.417. The van der Waals surface area contributed by atoms with Crippen molar-refractivity contribution < 1.29 is 18.3 Å². The Balaban J connectivity index is 3.23. The second-order valence-electron chi connectivity index (χ2n) is 4.24. The van der Waals surface area contributed by atoms with Crippen LogP contribution in [0.3, 0.4) is 0 Å². The third-order valence-corrected chi connectivity index (χ3v) is 4.71. The van der Waals surface area contributed by atoms with Gasteiger partial charge in [-0.1, -0.05) is 6.92 Å². The molecule has 1 aromatic rings. The van der Waals surface area contributed by atoms with Gasteiger partial charge in [-0.3, -0.25) is 4.79 Å². The summed E-state index contributed by atoms with van der Waals surface area (Å²) < 4.78 is 26.0. The molecule has 0 unspecified atom stereocenters. The van der Waals surface area contributed by atoms with E-state index in [2.05, 4.69) is 0 Å². The molecule has 0 heterocycles. The summed E-state index contributed by atoms with van der Waals surface area (Å²) in [5.74, 6) is -0.679. The molecule has 8 heteroatoms. The van der Waals surface area contributed by atoms with Crippen molar-refractivity contribution in [3.8, 4) is 0 Å². The summed E-state index contributed by atoms with van der Waals surface area (Å²) in [5, 5.41) is 8.96. The van der Waals surface area contributed by atoms with Gasteiger partial charge in [-0.25, -0.2) is 8.42 Å². The van der Waals surface area contributed by atoms with Gasteiger partial charge in [-0.05, 0) is 24.6 Å². The molecule has 0 radical (unpaired) electrons. The lowest BCUT2D eigenvalue weighted by Gasteiger charge is -2.21. The van der Waals surface area contributed by atoms with Crippen LogP contribution in [-0.4, -0.2) is 43.4 Å². The molecule has 112 valence electrons. The van der Waals surface area contributed by atoms with Crippen LogP contribution in [0.4, 0.5) is 5.69 Å². The number of rotatable bonds is 7. The van der Waals surface area contributed by atoms with Gasteiger partial charge in [0.2, 0.25) is 15.9 Å². The molecule has 0 spiro atoms. The maximum Gasteiger partial charge on any atom is 0.248 e. The Morgan fingerprint density at radius 2 is 2.00 bits per heavy atom. The SMILES string of the molecule is CCCN(CCO)S(=O)(=O)c1ccc(C(N)=O)cc1N. The van der Waals surface area contributed by atoms with Gasteiger partial charge in [0.15, 0.2) is 0 Å². The highest BCUT2D eigenvalue weighted by molar-refractivity contribution is 7.89. The number of nitrogens with two attached hydrogens (primary N) is 2. The first-order chi connectivity index (χ1) is 9.34. The van der Waals surface area contributed by atoms with Crippen molar-refractivity contribution in [2.75, 3.05) is 25.4 Å². The summed E-state index contributed by atoms with van der Waals surface area (Å²) in [6.07, 6.45) is 0.610. The molecule has 1 rings (SSSR count). The van der Waals surface area contributed by atoms with E-state index in [0.717, 1.165) is 4.31 Å². The standard InChI is InChI=1S/C12H19N3O4S/c1-2-5-15(6-7-16)20(18,19)11-4-3-9(12(14)17)8-10(11)13/h3-4,8,16H,2,5-7,13H2,1H3,(H2,14,17). The van der Waals surface area contributed by atoms with Crippen LogP contribution in [0.2, 0.25) is 0 Å². The summed E-state index contributed by atoms with van der Waals surface area (Å²) in [4.78, 5) is 10.9. The van der Waals surface area contributed by atoms with E-state index >= 15 is 0 Å². The minimum absolute atomic E-state index is 0.00676. The Bertz CT molecular complexity index is 580. The molecule has 20 heavy (non-hydrogen) atoms. The van der Waals surface area contributed by atoms with Crippen molar-refractivity contribution in [3.05, 3.63) is 23.8 Å². The minimum atomic E-state index is -3.80. The monoisotopic (exact) mass is 301 g/mol. The molecular formula is C12H19N3O4S. The molecule has 0 atom stereocenters. The third kappa shape index (κ3) is 3.47. The number of amides is 1. The summed E-state index contributed by atoms with van der Waals surface area (Å²) >= 11 is 0. The average molecular weight is 301 g/mol. The lowest BCUT2D eigenvalue weighted by Crippen LogP contribution is -2.34. The maximum absolute atomic E-state index is 12.4. The lowest BCUT2D eigenvalue weighted by atomic mass is 10.2. The number of anilines is 1. The van der Waals surface area contributed by atoms with Crippen LogP contribution in [-0.2, 0) is 10.0 Å². The van der Waals surface area contributed by atoms with Gasteiger partial charge in [0, 0.05) is 18.7 Å². The van der Waals surface area contributed by atoms with Crippen LogP contribution in [0.1, 0.15) is 23.7 Å². The number of nitrogens with zero attached hydrogens (tertiary/aromatic N) is 1. The minimum Gasteiger partial charge on any atom is -0.398 e. The quantitative estimate of drug-likeness (QED) is 0.599. The first-order valence-electron chi connectivity index (χ1n) is 6.15. The van der Waals surface area contributed by atoms with E-state index in [1.54, 1.807) is 0 Å². The number of sulfonamides is 1. The predicted molar refractivity (Wildman–Crippen MR) is 75.5 cm³/mol. The molecule has 5 N–H and O–H groups in total. The molecule has 0 saturated carbocycles. The Morgan fingerprint density at radius 1 is 1.35 bits per heavy atom. The molecule has 0 aliphatic heterocycles. The summed E-state index contributed by atoms with van der Waals surface area (Å²) in [6.45, 7) is 1.82. The topological polar surface area (TPSA) is 127 Å². The highest BCUT2D eigenvalue weighted by Crippen LogP contribution is 2.23. The maximum atomic E-state index is 12.4. The number of hydrogen-bond donors (Lipinski definition) is 3. The second-order valence-corrected chi connectivity index (χ2v) is 6.15. The fourth-order valence-electron chi connectivity index (χ4n) is 1.79. The molecule has 0 saturated heterocycles. The zero-order valence-corrected chi connectivity index (χ0v) is 12.1. The van der Waals surface area contributed by atoms with Gasteiger partial charge in [-0.15, -0.1) is 0 Å². The summed E-state index contributed by atoms with van der Waals surface area (Å²) in [6, 6.07) is 3.80. The number of benzene rings is 1.